The van der Waals surface area contributed by atoms with Gasteiger partial charge in [-0.2, -0.15) is 0 Å². The van der Waals surface area contributed by atoms with Crippen molar-refractivity contribution in [3.05, 3.63) is 66.1 Å². The second-order valence-corrected chi connectivity index (χ2v) is 6.37. The van der Waals surface area contributed by atoms with Crippen LogP contribution < -0.4 is 15.0 Å². The fourth-order valence-corrected chi connectivity index (χ4v) is 3.09. The number of carbonyl (C=O) groups is 2. The first kappa shape index (κ1) is 17.7. The van der Waals surface area contributed by atoms with Crippen molar-refractivity contribution in [1.82, 2.24) is 10.2 Å². The van der Waals surface area contributed by atoms with Crippen molar-refractivity contribution in [3.8, 4) is 5.75 Å². The molecule has 1 aliphatic rings. The lowest BCUT2D eigenvalue weighted by Crippen LogP contribution is -2.24. The van der Waals surface area contributed by atoms with Gasteiger partial charge in [0.1, 0.15) is 5.75 Å². The van der Waals surface area contributed by atoms with Crippen LogP contribution in [0.2, 0.25) is 0 Å². The number of nitrogens with zero attached hydrogens (tertiary/aromatic N) is 3. The van der Waals surface area contributed by atoms with Crippen LogP contribution >= 0.6 is 0 Å². The predicted molar refractivity (Wildman–Crippen MR) is 101 cm³/mol. The number of hydrogen-bond acceptors (Lipinski definition) is 6. The van der Waals surface area contributed by atoms with E-state index < -0.39 is 0 Å². The Balaban J connectivity index is 1.43. The Morgan fingerprint density at radius 2 is 1.89 bits per heavy atom. The number of benzene rings is 2. The highest BCUT2D eigenvalue weighted by molar-refractivity contribution is 6.03. The molecule has 4 rings (SSSR count). The number of hydrogen-bond donors (Lipinski definition) is 1. The maximum atomic E-state index is 12.3. The number of rotatable bonds is 5. The average molecular weight is 378 g/mol. The van der Waals surface area contributed by atoms with E-state index in [0.717, 1.165) is 5.69 Å². The van der Waals surface area contributed by atoms with Gasteiger partial charge in [-0.1, -0.05) is 23.3 Å². The van der Waals surface area contributed by atoms with Gasteiger partial charge in [-0.25, -0.2) is 0 Å². The van der Waals surface area contributed by atoms with Crippen LogP contribution in [0.4, 0.5) is 11.7 Å². The Hall–Kier alpha value is -3.68. The molecule has 3 aromatic rings. The summed E-state index contributed by atoms with van der Waals surface area (Å²) >= 11 is 0. The Morgan fingerprint density at radius 1 is 1.14 bits per heavy atom. The first-order valence-corrected chi connectivity index (χ1v) is 8.78. The Bertz CT molecular complexity index is 985. The predicted octanol–water partition coefficient (Wildman–Crippen LogP) is 2.85. The fourth-order valence-electron chi connectivity index (χ4n) is 3.09. The number of nitrogens with one attached hydrogen (secondary N) is 1. The van der Waals surface area contributed by atoms with Gasteiger partial charge >= 0.3 is 6.01 Å². The molecular formula is C20H18N4O4. The first-order chi connectivity index (χ1) is 13.6. The van der Waals surface area contributed by atoms with Crippen molar-refractivity contribution in [3.63, 3.8) is 0 Å². The zero-order valence-corrected chi connectivity index (χ0v) is 15.2. The zero-order valence-electron chi connectivity index (χ0n) is 15.2. The number of ether oxygens (including phenoxy) is 1. The number of para-hydroxylation sites is 1. The second-order valence-electron chi connectivity index (χ2n) is 6.37. The van der Waals surface area contributed by atoms with Gasteiger partial charge in [0.2, 0.25) is 11.8 Å². The summed E-state index contributed by atoms with van der Waals surface area (Å²) in [5.74, 6) is 0.402. The summed E-state index contributed by atoms with van der Waals surface area (Å²) in [5, 5.41) is 10.5. The average Bonchev–Trinajstić information content (AvgIpc) is 3.35. The Labute approximate surface area is 161 Å². The molecule has 0 aliphatic carbocycles. The van der Waals surface area contributed by atoms with Crippen LogP contribution in [0.3, 0.4) is 0 Å². The van der Waals surface area contributed by atoms with Gasteiger partial charge in [0, 0.05) is 24.2 Å². The van der Waals surface area contributed by atoms with Gasteiger partial charge in [-0.15, -0.1) is 5.10 Å². The number of aromatic nitrogens is 2. The van der Waals surface area contributed by atoms with Crippen molar-refractivity contribution in [2.75, 3.05) is 23.9 Å². The minimum atomic E-state index is -0.369. The van der Waals surface area contributed by atoms with Crippen molar-refractivity contribution in [1.29, 1.82) is 0 Å². The second kappa shape index (κ2) is 7.51. The van der Waals surface area contributed by atoms with E-state index in [0.29, 0.717) is 23.7 Å². The van der Waals surface area contributed by atoms with Gasteiger partial charge < -0.3 is 14.1 Å². The highest BCUT2D eigenvalue weighted by Crippen LogP contribution is 2.31. The summed E-state index contributed by atoms with van der Waals surface area (Å²) in [7, 11) is 1.56. The Kier molecular flexibility index (Phi) is 4.76. The smallest absolute Gasteiger partial charge is 0.322 e. The van der Waals surface area contributed by atoms with Crippen LogP contribution in [0, 0.1) is 0 Å². The highest BCUT2D eigenvalue weighted by Gasteiger charge is 2.35. The molecule has 28 heavy (non-hydrogen) atoms. The van der Waals surface area contributed by atoms with Crippen LogP contribution in [0.5, 0.6) is 5.75 Å². The largest absolute Gasteiger partial charge is 0.497 e. The van der Waals surface area contributed by atoms with E-state index in [1.54, 1.807) is 36.3 Å². The lowest BCUT2D eigenvalue weighted by molar-refractivity contribution is -0.117. The molecule has 8 heteroatoms. The molecule has 0 unspecified atom stereocenters. The van der Waals surface area contributed by atoms with Crippen LogP contribution in [0.25, 0.3) is 0 Å². The summed E-state index contributed by atoms with van der Waals surface area (Å²) in [5.41, 5.74) is 1.27. The molecule has 1 aliphatic heterocycles. The standard InChI is InChI=1S/C20H18N4O4/c1-27-16-9-7-13(8-10-16)18(26)21-20-23-22-19(28-20)14-11-17(25)24(12-14)15-5-3-2-4-6-15/h2-10,14H,11-12H2,1H3,(H,21,23,26)/t14-/m1/s1. The highest BCUT2D eigenvalue weighted by atomic mass is 16.5. The third kappa shape index (κ3) is 3.57. The molecular weight excluding hydrogens is 360 g/mol. The molecule has 0 saturated carbocycles. The quantitative estimate of drug-likeness (QED) is 0.733. The van der Waals surface area contributed by atoms with Crippen LogP contribution in [0.1, 0.15) is 28.6 Å². The minimum absolute atomic E-state index is 0.00132. The summed E-state index contributed by atoms with van der Waals surface area (Å²) < 4.78 is 10.7. The molecule has 142 valence electrons. The van der Waals surface area contributed by atoms with E-state index in [2.05, 4.69) is 15.5 Å². The SMILES string of the molecule is COc1ccc(C(=O)Nc2nnc([C@@H]3CC(=O)N(c4ccccc4)C3)o2)cc1. The van der Waals surface area contributed by atoms with Gasteiger partial charge in [0.15, 0.2) is 0 Å². The molecule has 1 N–H and O–H groups in total. The number of amides is 2. The summed E-state index contributed by atoms with van der Waals surface area (Å²) in [4.78, 5) is 26.3. The van der Waals surface area contributed by atoms with Gasteiger partial charge in [-0.3, -0.25) is 14.9 Å². The molecule has 0 bridgehead atoms. The molecule has 2 amide bonds. The normalized spacial score (nSPS) is 16.2. The monoisotopic (exact) mass is 378 g/mol. The maximum Gasteiger partial charge on any atom is 0.322 e. The molecule has 2 heterocycles. The number of anilines is 2. The third-order valence-corrected chi connectivity index (χ3v) is 4.56. The van der Waals surface area contributed by atoms with Crippen molar-refractivity contribution >= 4 is 23.5 Å². The summed E-state index contributed by atoms with van der Waals surface area (Å²) in [6, 6.07) is 16.1. The van der Waals surface area contributed by atoms with Gasteiger partial charge in [0.25, 0.3) is 5.91 Å². The molecule has 1 atom stereocenters. The van der Waals surface area contributed by atoms with E-state index >= 15 is 0 Å². The van der Waals surface area contributed by atoms with Crippen LogP contribution in [-0.4, -0.2) is 35.7 Å². The third-order valence-electron chi connectivity index (χ3n) is 4.56. The summed E-state index contributed by atoms with van der Waals surface area (Å²) in [6.45, 7) is 0.455. The Morgan fingerprint density at radius 3 is 2.61 bits per heavy atom. The lowest BCUT2D eigenvalue weighted by Gasteiger charge is -2.15. The number of carbonyl (C=O) groups excluding carboxylic acids is 2. The molecule has 1 aromatic heterocycles. The van der Waals surface area contributed by atoms with Crippen molar-refractivity contribution in [2.24, 2.45) is 0 Å². The molecule has 1 saturated heterocycles. The van der Waals surface area contributed by atoms with Crippen LogP contribution in [0.15, 0.2) is 59.0 Å². The van der Waals surface area contributed by atoms with Crippen molar-refractivity contribution in [2.45, 2.75) is 12.3 Å². The van der Waals surface area contributed by atoms with E-state index in [1.807, 2.05) is 30.3 Å². The molecule has 2 aromatic carbocycles. The molecule has 0 radical (unpaired) electrons. The van der Waals surface area contributed by atoms with E-state index in [9.17, 15) is 9.59 Å². The van der Waals surface area contributed by atoms with Crippen molar-refractivity contribution < 1.29 is 18.7 Å². The zero-order chi connectivity index (χ0) is 19.5. The van der Waals surface area contributed by atoms with Crippen LogP contribution in [-0.2, 0) is 4.79 Å². The maximum absolute atomic E-state index is 12.3. The fraction of sp³-hybridized carbons (Fsp3) is 0.200. The summed E-state index contributed by atoms with van der Waals surface area (Å²) in [6.07, 6.45) is 0.281. The van der Waals surface area contributed by atoms with E-state index in [-0.39, 0.29) is 30.2 Å². The van der Waals surface area contributed by atoms with E-state index in [4.69, 9.17) is 9.15 Å². The first-order valence-electron chi connectivity index (χ1n) is 8.78. The number of methoxy groups -OCH3 is 1. The van der Waals surface area contributed by atoms with E-state index in [1.165, 1.54) is 0 Å². The molecule has 0 spiro atoms. The minimum Gasteiger partial charge on any atom is -0.497 e. The van der Waals surface area contributed by atoms with Gasteiger partial charge in [0.05, 0.1) is 13.0 Å². The lowest BCUT2D eigenvalue weighted by atomic mass is 10.1. The molecule has 8 nitrogen and oxygen atoms in total. The topological polar surface area (TPSA) is 97.6 Å². The van der Waals surface area contributed by atoms with Gasteiger partial charge in [-0.05, 0) is 36.4 Å². The molecule has 1 fully saturated rings.